The van der Waals surface area contributed by atoms with Gasteiger partial charge in [0, 0.05) is 25.0 Å². The van der Waals surface area contributed by atoms with Crippen molar-refractivity contribution in [1.82, 2.24) is 25.1 Å². The molecule has 122 valence electrons. The summed E-state index contributed by atoms with van der Waals surface area (Å²) in [5, 5.41) is 11.8. The Hall–Kier alpha value is -1.89. The normalized spacial score (nSPS) is 15.6. The molecule has 0 saturated heterocycles. The summed E-state index contributed by atoms with van der Waals surface area (Å²) in [6.45, 7) is 4.60. The van der Waals surface area contributed by atoms with Crippen LogP contribution in [-0.2, 0) is 11.3 Å². The van der Waals surface area contributed by atoms with Crippen molar-refractivity contribution < 1.29 is 4.79 Å². The summed E-state index contributed by atoms with van der Waals surface area (Å²) in [6, 6.07) is 4.33. The molecule has 0 bridgehead atoms. The topological polar surface area (TPSA) is 72.7 Å². The Labute approximate surface area is 140 Å². The number of hydrogen-bond acceptors (Lipinski definition) is 5. The minimum Gasteiger partial charge on any atom is -0.351 e. The number of carbonyl (C=O) groups excluding carboxylic acids is 1. The van der Waals surface area contributed by atoms with E-state index in [4.69, 9.17) is 0 Å². The molecule has 1 aliphatic rings. The Bertz CT molecular complexity index is 654. The van der Waals surface area contributed by atoms with Crippen LogP contribution in [0.2, 0.25) is 0 Å². The van der Waals surface area contributed by atoms with E-state index in [1.54, 1.807) is 18.7 Å². The lowest BCUT2D eigenvalue weighted by molar-refractivity contribution is -0.121. The zero-order chi connectivity index (χ0) is 16.2. The van der Waals surface area contributed by atoms with Gasteiger partial charge in [0.15, 0.2) is 5.16 Å². The van der Waals surface area contributed by atoms with E-state index in [-0.39, 0.29) is 17.1 Å². The summed E-state index contributed by atoms with van der Waals surface area (Å²) in [7, 11) is 0. The average molecular weight is 331 g/mol. The zero-order valence-corrected chi connectivity index (χ0v) is 14.2. The van der Waals surface area contributed by atoms with Crippen LogP contribution in [0, 0.1) is 5.92 Å². The summed E-state index contributed by atoms with van der Waals surface area (Å²) < 4.78 is 2.09. The van der Waals surface area contributed by atoms with Gasteiger partial charge in [-0.2, -0.15) is 0 Å². The molecule has 7 heteroatoms. The molecule has 2 heterocycles. The fraction of sp³-hybridized carbons (Fsp3) is 0.500. The number of rotatable bonds is 7. The number of amides is 1. The van der Waals surface area contributed by atoms with Gasteiger partial charge in [-0.25, -0.2) is 0 Å². The van der Waals surface area contributed by atoms with Gasteiger partial charge in [0.05, 0.1) is 5.25 Å². The van der Waals surface area contributed by atoms with Crippen molar-refractivity contribution in [3.05, 3.63) is 36.4 Å². The van der Waals surface area contributed by atoms with Crippen LogP contribution in [0.5, 0.6) is 0 Å². The standard InChI is InChI=1S/C16H21N5OS/c1-11(2)14(15(22)18-9-12-4-3-7-17-8-12)23-16-20-19-10-21(16)13-5-6-13/h3-4,7-8,10-11,13-14H,5-6,9H2,1-2H3,(H,18,22)/t14-/m0/s1. The van der Waals surface area contributed by atoms with Crippen LogP contribution < -0.4 is 5.32 Å². The maximum atomic E-state index is 12.6. The van der Waals surface area contributed by atoms with Crippen molar-refractivity contribution in [3.63, 3.8) is 0 Å². The molecule has 23 heavy (non-hydrogen) atoms. The molecule has 3 rings (SSSR count). The van der Waals surface area contributed by atoms with E-state index in [1.165, 1.54) is 24.6 Å². The molecule has 6 nitrogen and oxygen atoms in total. The first kappa shape index (κ1) is 16.0. The fourth-order valence-corrected chi connectivity index (χ4v) is 3.42. The summed E-state index contributed by atoms with van der Waals surface area (Å²) in [5.74, 6) is 0.234. The largest absolute Gasteiger partial charge is 0.351 e. The molecule has 2 aromatic rings. The lowest BCUT2D eigenvalue weighted by Gasteiger charge is -2.19. The number of nitrogens with zero attached hydrogens (tertiary/aromatic N) is 4. The predicted molar refractivity (Wildman–Crippen MR) is 88.9 cm³/mol. The second-order valence-electron chi connectivity index (χ2n) is 6.11. The Kier molecular flexibility index (Phi) is 4.95. The highest BCUT2D eigenvalue weighted by atomic mass is 32.2. The van der Waals surface area contributed by atoms with E-state index in [0.29, 0.717) is 12.6 Å². The molecule has 0 aromatic carbocycles. The van der Waals surface area contributed by atoms with E-state index in [2.05, 4.69) is 38.9 Å². The van der Waals surface area contributed by atoms with Crippen molar-refractivity contribution in [1.29, 1.82) is 0 Å². The molecule has 1 fully saturated rings. The minimum absolute atomic E-state index is 0.0270. The maximum absolute atomic E-state index is 12.6. The number of nitrogens with one attached hydrogen (secondary N) is 1. The molecule has 1 saturated carbocycles. The number of pyridine rings is 1. The lowest BCUT2D eigenvalue weighted by Crippen LogP contribution is -2.35. The van der Waals surface area contributed by atoms with E-state index in [0.717, 1.165) is 10.7 Å². The first-order valence-electron chi connectivity index (χ1n) is 7.88. The third-order valence-corrected chi connectivity index (χ3v) is 5.28. The smallest absolute Gasteiger partial charge is 0.234 e. The highest BCUT2D eigenvalue weighted by molar-refractivity contribution is 8.00. The average Bonchev–Trinajstić information content (AvgIpc) is 3.29. The van der Waals surface area contributed by atoms with Crippen LogP contribution in [0.15, 0.2) is 36.0 Å². The molecule has 1 atom stereocenters. The number of carbonyl (C=O) groups is 1. The van der Waals surface area contributed by atoms with E-state index in [1.807, 2.05) is 12.1 Å². The molecule has 0 unspecified atom stereocenters. The van der Waals surface area contributed by atoms with Gasteiger partial charge in [-0.05, 0) is 30.4 Å². The van der Waals surface area contributed by atoms with Crippen LogP contribution >= 0.6 is 11.8 Å². The maximum Gasteiger partial charge on any atom is 0.234 e. The second kappa shape index (κ2) is 7.12. The Morgan fingerprint density at radius 3 is 2.96 bits per heavy atom. The van der Waals surface area contributed by atoms with Gasteiger partial charge in [-0.15, -0.1) is 10.2 Å². The second-order valence-corrected chi connectivity index (χ2v) is 7.22. The van der Waals surface area contributed by atoms with Crippen molar-refractivity contribution >= 4 is 17.7 Å². The molecular weight excluding hydrogens is 310 g/mol. The van der Waals surface area contributed by atoms with Gasteiger partial charge in [0.2, 0.25) is 5.91 Å². The van der Waals surface area contributed by atoms with E-state index in [9.17, 15) is 4.79 Å². The third kappa shape index (κ3) is 4.10. The summed E-state index contributed by atoms with van der Waals surface area (Å²) in [6.07, 6.45) is 7.60. The minimum atomic E-state index is -0.187. The lowest BCUT2D eigenvalue weighted by atomic mass is 10.1. The molecule has 1 aliphatic carbocycles. The fourth-order valence-electron chi connectivity index (χ4n) is 2.32. The van der Waals surface area contributed by atoms with Crippen molar-refractivity contribution in [2.75, 3.05) is 0 Å². The molecule has 0 spiro atoms. The van der Waals surface area contributed by atoms with Crippen molar-refractivity contribution in [2.45, 2.75) is 49.7 Å². The highest BCUT2D eigenvalue weighted by Gasteiger charge is 2.30. The molecule has 0 aliphatic heterocycles. The third-order valence-electron chi connectivity index (χ3n) is 3.77. The summed E-state index contributed by atoms with van der Waals surface area (Å²) >= 11 is 1.50. The number of aromatic nitrogens is 4. The van der Waals surface area contributed by atoms with Crippen LogP contribution in [0.1, 0.15) is 38.3 Å². The quantitative estimate of drug-likeness (QED) is 0.789. The van der Waals surface area contributed by atoms with Crippen LogP contribution in [0.3, 0.4) is 0 Å². The van der Waals surface area contributed by atoms with Gasteiger partial charge in [0.25, 0.3) is 0 Å². The Morgan fingerprint density at radius 2 is 2.30 bits per heavy atom. The molecular formula is C16H21N5OS. The first-order chi connectivity index (χ1) is 11.1. The zero-order valence-electron chi connectivity index (χ0n) is 13.3. The molecule has 0 radical (unpaired) electrons. The Morgan fingerprint density at radius 1 is 1.48 bits per heavy atom. The highest BCUT2D eigenvalue weighted by Crippen LogP contribution is 2.38. The Balaban J connectivity index is 1.63. The van der Waals surface area contributed by atoms with Gasteiger partial charge >= 0.3 is 0 Å². The van der Waals surface area contributed by atoms with Crippen molar-refractivity contribution in [2.24, 2.45) is 5.92 Å². The molecule has 1 N–H and O–H groups in total. The van der Waals surface area contributed by atoms with Crippen molar-refractivity contribution in [3.8, 4) is 0 Å². The first-order valence-corrected chi connectivity index (χ1v) is 8.76. The van der Waals surface area contributed by atoms with Crippen LogP contribution in [0.25, 0.3) is 0 Å². The van der Waals surface area contributed by atoms with E-state index < -0.39 is 0 Å². The predicted octanol–water partition coefficient (Wildman–Crippen LogP) is 2.44. The van der Waals surface area contributed by atoms with Gasteiger partial charge in [-0.3, -0.25) is 9.78 Å². The van der Waals surface area contributed by atoms with E-state index >= 15 is 0 Å². The van der Waals surface area contributed by atoms with Gasteiger partial charge in [0.1, 0.15) is 6.33 Å². The summed E-state index contributed by atoms with van der Waals surface area (Å²) in [5.41, 5.74) is 0.995. The SMILES string of the molecule is CC(C)[C@H](Sc1nncn1C1CC1)C(=O)NCc1cccnc1. The summed E-state index contributed by atoms with van der Waals surface area (Å²) in [4.78, 5) is 16.6. The van der Waals surface area contributed by atoms with Gasteiger partial charge < -0.3 is 9.88 Å². The van der Waals surface area contributed by atoms with Crippen LogP contribution in [-0.4, -0.2) is 30.9 Å². The monoisotopic (exact) mass is 331 g/mol. The number of hydrogen-bond donors (Lipinski definition) is 1. The number of thioether (sulfide) groups is 1. The molecule has 2 aromatic heterocycles. The van der Waals surface area contributed by atoms with Gasteiger partial charge in [-0.1, -0.05) is 31.7 Å². The molecule has 1 amide bonds. The van der Waals surface area contributed by atoms with Crippen LogP contribution in [0.4, 0.5) is 0 Å².